The van der Waals surface area contributed by atoms with Crippen LogP contribution in [-0.2, 0) is 14.2 Å². The van der Waals surface area contributed by atoms with E-state index in [4.69, 9.17) is 19.7 Å². The number of ether oxygens (including phenoxy) is 3. The third kappa shape index (κ3) is 0.971. The summed E-state index contributed by atoms with van der Waals surface area (Å²) in [6, 6.07) is -0.222. The van der Waals surface area contributed by atoms with E-state index in [0.29, 0.717) is 6.61 Å². The highest BCUT2D eigenvalue weighted by molar-refractivity contribution is 4.98. The molecule has 0 N–H and O–H groups in total. The predicted octanol–water partition coefficient (Wildman–Crippen LogP) is 0.435. The smallest absolute Gasteiger partial charge is 0.184 e. The molecule has 0 aliphatic carbocycles. The second-order valence-electron chi connectivity index (χ2n) is 2.77. The van der Waals surface area contributed by atoms with Gasteiger partial charge in [0.25, 0.3) is 0 Å². The topological polar surface area (TPSA) is 76.5 Å². The summed E-state index contributed by atoms with van der Waals surface area (Å²) >= 11 is 0. The molecule has 0 radical (unpaired) electrons. The van der Waals surface area contributed by atoms with Gasteiger partial charge >= 0.3 is 0 Å². The maximum Gasteiger partial charge on any atom is 0.184 e. The van der Waals surface area contributed by atoms with Crippen molar-refractivity contribution < 1.29 is 14.2 Å². The van der Waals surface area contributed by atoms with Crippen molar-refractivity contribution in [1.82, 2.24) is 0 Å². The summed E-state index contributed by atoms with van der Waals surface area (Å²) in [5.74, 6) is 0. The van der Waals surface area contributed by atoms with E-state index in [0.717, 1.165) is 0 Å². The first kappa shape index (κ1) is 7.82. The van der Waals surface area contributed by atoms with Crippen LogP contribution in [0.4, 0.5) is 0 Å². The molecular weight excluding hydrogens is 162 g/mol. The Bertz CT molecular complexity index is 228. The van der Waals surface area contributed by atoms with E-state index in [9.17, 15) is 0 Å². The third-order valence-electron chi connectivity index (χ3n) is 2.16. The van der Waals surface area contributed by atoms with Crippen LogP contribution in [0.25, 0.3) is 10.4 Å². The van der Waals surface area contributed by atoms with Crippen LogP contribution >= 0.6 is 0 Å². The molecule has 2 saturated heterocycles. The Balaban J connectivity index is 2.13. The fourth-order valence-electron chi connectivity index (χ4n) is 1.61. The van der Waals surface area contributed by atoms with E-state index in [2.05, 4.69) is 10.0 Å². The van der Waals surface area contributed by atoms with Crippen molar-refractivity contribution in [2.24, 2.45) is 5.11 Å². The summed E-state index contributed by atoms with van der Waals surface area (Å²) < 4.78 is 15.7. The van der Waals surface area contributed by atoms with E-state index in [1.165, 1.54) is 0 Å². The molecule has 0 aromatic heterocycles. The summed E-state index contributed by atoms with van der Waals surface area (Å²) in [6.45, 7) is 0.494. The molecule has 0 saturated carbocycles. The Morgan fingerprint density at radius 1 is 1.67 bits per heavy atom. The Morgan fingerprint density at radius 2 is 2.50 bits per heavy atom. The van der Waals surface area contributed by atoms with Crippen LogP contribution in [-0.4, -0.2) is 38.3 Å². The molecule has 2 rings (SSSR count). The number of rotatable bonds is 2. The molecule has 6 nitrogen and oxygen atoms in total. The van der Waals surface area contributed by atoms with Crippen molar-refractivity contribution in [3.8, 4) is 0 Å². The van der Waals surface area contributed by atoms with Gasteiger partial charge in [-0.05, 0) is 5.53 Å². The van der Waals surface area contributed by atoms with Crippen LogP contribution in [0.15, 0.2) is 5.11 Å². The Labute approximate surface area is 69.0 Å². The molecule has 6 heteroatoms. The van der Waals surface area contributed by atoms with Gasteiger partial charge in [0, 0.05) is 12.0 Å². The van der Waals surface area contributed by atoms with Crippen molar-refractivity contribution in [3.63, 3.8) is 0 Å². The summed E-state index contributed by atoms with van der Waals surface area (Å²) in [5.41, 5.74) is 8.26. The Hall–Kier alpha value is -0.810. The first-order valence-corrected chi connectivity index (χ1v) is 3.71. The van der Waals surface area contributed by atoms with E-state index in [-0.39, 0.29) is 24.5 Å². The fraction of sp³-hybridized carbons (Fsp3) is 1.00. The summed E-state index contributed by atoms with van der Waals surface area (Å²) in [4.78, 5) is 2.74. The monoisotopic (exact) mass is 171 g/mol. The average molecular weight is 171 g/mol. The van der Waals surface area contributed by atoms with Crippen LogP contribution in [0, 0.1) is 0 Å². The molecule has 2 heterocycles. The molecule has 0 spiro atoms. The molecule has 2 aliphatic heterocycles. The standard InChI is InChI=1S/C6H9N3O3/c1-10-6-5-4(8-9-7)3(12-6)2-11-5/h3-6H,2H2,1H3. The fourth-order valence-corrected chi connectivity index (χ4v) is 1.61. The third-order valence-corrected chi connectivity index (χ3v) is 2.16. The van der Waals surface area contributed by atoms with Gasteiger partial charge in [0.15, 0.2) is 6.29 Å². The molecule has 66 valence electrons. The lowest BCUT2D eigenvalue weighted by atomic mass is 10.2. The first-order chi connectivity index (χ1) is 5.86. The minimum Gasteiger partial charge on any atom is -0.370 e. The highest BCUT2D eigenvalue weighted by Gasteiger charge is 2.50. The van der Waals surface area contributed by atoms with Gasteiger partial charge in [-0.3, -0.25) is 0 Å². The number of azide groups is 1. The quantitative estimate of drug-likeness (QED) is 0.343. The van der Waals surface area contributed by atoms with Crippen molar-refractivity contribution in [2.75, 3.05) is 13.7 Å². The van der Waals surface area contributed by atoms with Gasteiger partial charge in [-0.1, -0.05) is 5.11 Å². The van der Waals surface area contributed by atoms with Crippen LogP contribution in [0.1, 0.15) is 0 Å². The van der Waals surface area contributed by atoms with Gasteiger partial charge in [0.05, 0.1) is 18.8 Å². The predicted molar refractivity (Wildman–Crippen MR) is 38.3 cm³/mol. The van der Waals surface area contributed by atoms with Gasteiger partial charge in [-0.25, -0.2) is 0 Å². The molecular formula is C6H9N3O3. The molecule has 0 aromatic rings. The number of hydrogen-bond donors (Lipinski definition) is 0. The first-order valence-electron chi connectivity index (χ1n) is 3.71. The Kier molecular flexibility index (Phi) is 1.90. The highest BCUT2D eigenvalue weighted by Crippen LogP contribution is 2.33. The van der Waals surface area contributed by atoms with Crippen molar-refractivity contribution in [1.29, 1.82) is 0 Å². The summed E-state index contributed by atoms with van der Waals surface area (Å²) in [5, 5.41) is 3.60. The van der Waals surface area contributed by atoms with E-state index >= 15 is 0 Å². The molecule has 4 atom stereocenters. The Morgan fingerprint density at radius 3 is 3.08 bits per heavy atom. The summed E-state index contributed by atoms with van der Waals surface area (Å²) in [6.07, 6.45) is -0.731. The molecule has 12 heavy (non-hydrogen) atoms. The average Bonchev–Trinajstić information content (AvgIpc) is 2.63. The van der Waals surface area contributed by atoms with Crippen LogP contribution in [0.2, 0.25) is 0 Å². The van der Waals surface area contributed by atoms with Crippen LogP contribution in [0.3, 0.4) is 0 Å². The summed E-state index contributed by atoms with van der Waals surface area (Å²) in [7, 11) is 1.54. The molecule has 2 fully saturated rings. The maximum atomic E-state index is 8.26. The van der Waals surface area contributed by atoms with Gasteiger partial charge in [-0.2, -0.15) is 0 Å². The van der Waals surface area contributed by atoms with E-state index in [1.54, 1.807) is 7.11 Å². The SMILES string of the molecule is COC1OC2COC1C2N=[N+]=[N-]. The second-order valence-corrected chi connectivity index (χ2v) is 2.77. The van der Waals surface area contributed by atoms with E-state index < -0.39 is 0 Å². The van der Waals surface area contributed by atoms with Gasteiger partial charge in [0.2, 0.25) is 0 Å². The normalized spacial score (nSPS) is 44.4. The minimum absolute atomic E-state index is 0.129. The van der Waals surface area contributed by atoms with Crippen LogP contribution in [0.5, 0.6) is 0 Å². The molecule has 0 amide bonds. The molecule has 0 aromatic carbocycles. The number of hydrogen-bond acceptors (Lipinski definition) is 4. The minimum atomic E-state index is -0.376. The lowest BCUT2D eigenvalue weighted by molar-refractivity contribution is -0.202. The number of fused-ring (bicyclic) bond motifs is 2. The highest BCUT2D eigenvalue weighted by atomic mass is 16.7. The molecule has 2 aliphatic rings. The van der Waals surface area contributed by atoms with Gasteiger partial charge < -0.3 is 14.2 Å². The maximum absolute atomic E-state index is 8.26. The number of nitrogens with zero attached hydrogens (tertiary/aromatic N) is 3. The van der Waals surface area contributed by atoms with Crippen LogP contribution < -0.4 is 0 Å². The van der Waals surface area contributed by atoms with Crippen molar-refractivity contribution in [2.45, 2.75) is 24.5 Å². The van der Waals surface area contributed by atoms with Gasteiger partial charge in [-0.15, -0.1) is 0 Å². The zero-order valence-electron chi connectivity index (χ0n) is 6.58. The number of methoxy groups -OCH3 is 1. The van der Waals surface area contributed by atoms with Crippen molar-refractivity contribution in [3.05, 3.63) is 10.4 Å². The molecule has 4 unspecified atom stereocenters. The van der Waals surface area contributed by atoms with Crippen molar-refractivity contribution >= 4 is 0 Å². The zero-order chi connectivity index (χ0) is 8.55. The lowest BCUT2D eigenvalue weighted by Gasteiger charge is -2.20. The van der Waals surface area contributed by atoms with E-state index in [1.807, 2.05) is 0 Å². The van der Waals surface area contributed by atoms with Gasteiger partial charge in [0.1, 0.15) is 6.10 Å². The lowest BCUT2D eigenvalue weighted by Crippen LogP contribution is -2.31. The second kappa shape index (κ2) is 2.91. The molecule has 2 bridgehead atoms. The largest absolute Gasteiger partial charge is 0.370 e. The zero-order valence-corrected chi connectivity index (χ0v) is 6.58.